The van der Waals surface area contributed by atoms with Crippen LogP contribution in [0, 0.1) is 5.92 Å². The van der Waals surface area contributed by atoms with Crippen LogP contribution in [0.25, 0.3) is 10.8 Å². The molecule has 9 heteroatoms. The van der Waals surface area contributed by atoms with E-state index in [1.807, 2.05) is 24.3 Å². The number of nitrogen functional groups attached to an aromatic ring is 1. The second kappa shape index (κ2) is 7.33. The van der Waals surface area contributed by atoms with Crippen molar-refractivity contribution in [1.29, 1.82) is 0 Å². The van der Waals surface area contributed by atoms with Crippen molar-refractivity contribution in [3.8, 4) is 11.5 Å². The molecule has 2 aliphatic rings. The summed E-state index contributed by atoms with van der Waals surface area (Å²) < 4.78 is 10.8. The Morgan fingerprint density at radius 2 is 1.97 bits per heavy atom. The van der Waals surface area contributed by atoms with E-state index in [2.05, 4.69) is 20.1 Å². The third-order valence-corrected chi connectivity index (χ3v) is 5.73. The lowest BCUT2D eigenvalue weighted by atomic mass is 9.96. The van der Waals surface area contributed by atoms with E-state index >= 15 is 0 Å². The number of carboxylic acid groups (broad SMARTS) is 1. The molecule has 0 spiro atoms. The van der Waals surface area contributed by atoms with Crippen molar-refractivity contribution in [3.05, 3.63) is 41.7 Å². The van der Waals surface area contributed by atoms with Gasteiger partial charge in [-0.15, -0.1) is 5.10 Å². The molecule has 4 heterocycles. The van der Waals surface area contributed by atoms with Crippen LogP contribution in [0.5, 0.6) is 11.5 Å². The number of anilines is 2. The lowest BCUT2D eigenvalue weighted by Gasteiger charge is -2.31. The number of piperidine rings is 1. The molecule has 3 aromatic rings. The number of pyridine rings is 1. The van der Waals surface area contributed by atoms with Crippen molar-refractivity contribution in [2.45, 2.75) is 19.3 Å². The van der Waals surface area contributed by atoms with Crippen molar-refractivity contribution in [2.75, 3.05) is 30.5 Å². The first kappa shape index (κ1) is 18.4. The molecule has 0 bridgehead atoms. The number of fused-ring (bicyclic) bond motifs is 2. The molecular formula is C21H21N5O4. The fraction of sp³-hybridized carbons (Fsp3) is 0.333. The molecule has 0 amide bonds. The number of hydrogen-bond donors (Lipinski definition) is 2. The summed E-state index contributed by atoms with van der Waals surface area (Å²) in [6.07, 6.45) is 3.36. The van der Waals surface area contributed by atoms with Gasteiger partial charge in [0.25, 0.3) is 0 Å². The Balaban J connectivity index is 1.49. The third kappa shape index (κ3) is 3.22. The van der Waals surface area contributed by atoms with Crippen LogP contribution in [-0.2, 0) is 11.2 Å². The summed E-state index contributed by atoms with van der Waals surface area (Å²) >= 11 is 0. The molecule has 3 N–H and O–H groups in total. The first-order valence-electron chi connectivity index (χ1n) is 9.86. The molecule has 154 valence electrons. The second-order valence-electron chi connectivity index (χ2n) is 7.55. The zero-order valence-electron chi connectivity index (χ0n) is 16.2. The van der Waals surface area contributed by atoms with Gasteiger partial charge in [0, 0.05) is 31.1 Å². The van der Waals surface area contributed by atoms with Gasteiger partial charge in [-0.05, 0) is 36.6 Å². The second-order valence-corrected chi connectivity index (χ2v) is 7.55. The molecule has 0 atom stereocenters. The van der Waals surface area contributed by atoms with Gasteiger partial charge < -0.3 is 25.2 Å². The smallest absolute Gasteiger partial charge is 0.306 e. The van der Waals surface area contributed by atoms with Gasteiger partial charge in [-0.3, -0.25) is 4.79 Å². The van der Waals surface area contributed by atoms with Crippen molar-refractivity contribution in [3.63, 3.8) is 0 Å². The predicted molar refractivity (Wildman–Crippen MR) is 110 cm³/mol. The Morgan fingerprint density at radius 3 is 2.77 bits per heavy atom. The van der Waals surface area contributed by atoms with Crippen LogP contribution in [0.2, 0.25) is 0 Å². The summed E-state index contributed by atoms with van der Waals surface area (Å²) in [5.74, 6) is 1.46. The average Bonchev–Trinajstić information content (AvgIpc) is 3.22. The molecule has 9 nitrogen and oxygen atoms in total. The maximum atomic E-state index is 11.3. The summed E-state index contributed by atoms with van der Waals surface area (Å²) in [7, 11) is 0. The minimum Gasteiger partial charge on any atom is -0.481 e. The minimum atomic E-state index is -0.745. The summed E-state index contributed by atoms with van der Waals surface area (Å²) in [5.41, 5.74) is 8.06. The maximum absolute atomic E-state index is 11.3. The molecule has 5 rings (SSSR count). The van der Waals surface area contributed by atoms with Crippen LogP contribution in [-0.4, -0.2) is 46.1 Å². The number of nitrogens with two attached hydrogens (primary N) is 1. The molecule has 2 aliphatic heterocycles. The van der Waals surface area contributed by atoms with E-state index in [0.717, 1.165) is 33.5 Å². The Hall–Kier alpha value is -3.62. The Bertz CT molecular complexity index is 1130. The van der Waals surface area contributed by atoms with Crippen LogP contribution in [0.4, 0.5) is 11.6 Å². The number of aromatic nitrogens is 3. The first-order chi connectivity index (χ1) is 14.6. The van der Waals surface area contributed by atoms with E-state index in [1.54, 1.807) is 6.20 Å². The van der Waals surface area contributed by atoms with Crippen molar-refractivity contribution in [2.24, 2.45) is 5.92 Å². The first-order valence-corrected chi connectivity index (χ1v) is 9.86. The van der Waals surface area contributed by atoms with E-state index in [1.165, 1.54) is 0 Å². The van der Waals surface area contributed by atoms with Gasteiger partial charge in [0.15, 0.2) is 17.3 Å². The van der Waals surface area contributed by atoms with E-state index in [9.17, 15) is 9.90 Å². The van der Waals surface area contributed by atoms with E-state index in [-0.39, 0.29) is 12.7 Å². The Labute approximate surface area is 172 Å². The molecule has 0 aliphatic carbocycles. The monoisotopic (exact) mass is 407 g/mol. The third-order valence-electron chi connectivity index (χ3n) is 5.73. The van der Waals surface area contributed by atoms with E-state index in [4.69, 9.17) is 15.2 Å². The fourth-order valence-corrected chi connectivity index (χ4v) is 4.10. The summed E-state index contributed by atoms with van der Waals surface area (Å²) in [4.78, 5) is 17.6. The Morgan fingerprint density at radius 1 is 1.17 bits per heavy atom. The molecule has 30 heavy (non-hydrogen) atoms. The minimum absolute atomic E-state index is 0.233. The van der Waals surface area contributed by atoms with Gasteiger partial charge in [0.2, 0.25) is 6.79 Å². The average molecular weight is 407 g/mol. The van der Waals surface area contributed by atoms with Gasteiger partial charge in [-0.1, -0.05) is 6.07 Å². The molecule has 0 unspecified atom stereocenters. The van der Waals surface area contributed by atoms with Gasteiger partial charge in [0.05, 0.1) is 17.0 Å². The molecule has 1 fully saturated rings. The topological polar surface area (TPSA) is 124 Å². The summed E-state index contributed by atoms with van der Waals surface area (Å²) in [5, 5.41) is 19.9. The highest BCUT2D eigenvalue weighted by Crippen LogP contribution is 2.35. The van der Waals surface area contributed by atoms with Crippen LogP contribution in [0.1, 0.15) is 24.1 Å². The maximum Gasteiger partial charge on any atom is 0.306 e. The van der Waals surface area contributed by atoms with Gasteiger partial charge >= 0.3 is 5.97 Å². The normalized spacial score (nSPS) is 16.2. The van der Waals surface area contributed by atoms with Crippen LogP contribution < -0.4 is 20.1 Å². The van der Waals surface area contributed by atoms with Crippen LogP contribution in [0.3, 0.4) is 0 Å². The van der Waals surface area contributed by atoms with E-state index in [0.29, 0.717) is 44.0 Å². The molecule has 2 aromatic heterocycles. The number of rotatable bonds is 4. The fourth-order valence-electron chi connectivity index (χ4n) is 4.10. The number of ether oxygens (including phenoxy) is 2. The number of carbonyl (C=O) groups is 1. The number of hydrogen-bond acceptors (Lipinski definition) is 8. The SMILES string of the molecule is Nc1nccc2c(Cc3ccc4c(c3)OCO4)nnc(N3CCC(C(=O)O)CC3)c12. The Kier molecular flexibility index (Phi) is 4.50. The standard InChI is InChI=1S/C21H21N5O4/c22-19-18-14(3-6-23-19)15(9-12-1-2-16-17(10-12)30-11-29-16)24-25-20(18)26-7-4-13(5-8-26)21(27)28/h1-3,6,10,13H,4-5,7-9,11H2,(H2,22,23)(H,27,28). The van der Waals surface area contributed by atoms with Gasteiger partial charge in [-0.2, -0.15) is 5.10 Å². The zero-order valence-corrected chi connectivity index (χ0v) is 16.2. The van der Waals surface area contributed by atoms with Crippen LogP contribution in [0.15, 0.2) is 30.5 Å². The van der Waals surface area contributed by atoms with Crippen LogP contribution >= 0.6 is 0 Å². The van der Waals surface area contributed by atoms with Crippen molar-refractivity contribution < 1.29 is 19.4 Å². The van der Waals surface area contributed by atoms with Crippen molar-refractivity contribution >= 4 is 28.4 Å². The predicted octanol–water partition coefficient (Wildman–Crippen LogP) is 2.23. The molecular weight excluding hydrogens is 386 g/mol. The van der Waals surface area contributed by atoms with Crippen molar-refractivity contribution in [1.82, 2.24) is 15.2 Å². The lowest BCUT2D eigenvalue weighted by molar-refractivity contribution is -0.142. The molecule has 1 aromatic carbocycles. The highest BCUT2D eigenvalue weighted by Gasteiger charge is 2.27. The molecule has 0 saturated carbocycles. The summed E-state index contributed by atoms with van der Waals surface area (Å²) in [6.45, 7) is 1.42. The number of nitrogens with zero attached hydrogens (tertiary/aromatic N) is 4. The highest BCUT2D eigenvalue weighted by atomic mass is 16.7. The number of benzene rings is 1. The van der Waals surface area contributed by atoms with Gasteiger partial charge in [0.1, 0.15) is 5.82 Å². The number of aliphatic carboxylic acids is 1. The quantitative estimate of drug-likeness (QED) is 0.670. The van der Waals surface area contributed by atoms with E-state index < -0.39 is 5.97 Å². The van der Waals surface area contributed by atoms with Gasteiger partial charge in [-0.25, -0.2) is 4.98 Å². The highest BCUT2D eigenvalue weighted by molar-refractivity contribution is 6.00. The largest absolute Gasteiger partial charge is 0.481 e. The zero-order chi connectivity index (χ0) is 20.7. The number of carboxylic acids is 1. The summed E-state index contributed by atoms with van der Waals surface area (Å²) in [6, 6.07) is 7.72. The molecule has 1 saturated heterocycles. The lowest BCUT2D eigenvalue weighted by Crippen LogP contribution is -2.37. The molecule has 0 radical (unpaired) electrons.